The Morgan fingerprint density at radius 3 is 2.82 bits per heavy atom. The normalized spacial score (nSPS) is 16.5. The Kier molecular flexibility index (Phi) is 5.27. The van der Waals surface area contributed by atoms with Crippen molar-refractivity contribution in [3.05, 3.63) is 51.1 Å². The van der Waals surface area contributed by atoms with Gasteiger partial charge in [-0.25, -0.2) is 4.98 Å². The average molecular weight is 416 g/mol. The molecule has 0 bridgehead atoms. The molecule has 146 valence electrons. The number of fused-ring (bicyclic) bond motifs is 3. The summed E-state index contributed by atoms with van der Waals surface area (Å²) in [6, 6.07) is 9.18. The standard InChI is InChI=1S/C20H20N2O4S2/c1-11(2)14-8-13-15(9-26-14)28-18-17(13)19(25)22(12-6-4-3-5-7-12)20(21-18)27-10-16(23)24/h3-7,11,14H,8-10H2,1-2H3,(H,23,24)/p-1/t14-/m0/s1. The smallest absolute Gasteiger partial charge is 0.267 e. The Labute approximate surface area is 170 Å². The van der Waals surface area contributed by atoms with Crippen molar-refractivity contribution in [2.45, 2.75) is 38.1 Å². The Balaban J connectivity index is 1.93. The summed E-state index contributed by atoms with van der Waals surface area (Å²) in [5.74, 6) is -1.11. The molecule has 0 unspecified atom stereocenters. The van der Waals surface area contributed by atoms with Crippen LogP contribution in [0.3, 0.4) is 0 Å². The first-order valence-electron chi connectivity index (χ1n) is 9.02. The number of para-hydroxylation sites is 1. The summed E-state index contributed by atoms with van der Waals surface area (Å²) in [6.07, 6.45) is 0.756. The highest BCUT2D eigenvalue weighted by Gasteiger charge is 2.28. The van der Waals surface area contributed by atoms with Gasteiger partial charge in [0, 0.05) is 17.1 Å². The molecular weight excluding hydrogens is 396 g/mol. The van der Waals surface area contributed by atoms with E-state index in [4.69, 9.17) is 4.74 Å². The number of carboxylic acid groups (broad SMARTS) is 1. The van der Waals surface area contributed by atoms with Crippen LogP contribution < -0.4 is 10.7 Å². The van der Waals surface area contributed by atoms with Crippen LogP contribution in [0.25, 0.3) is 15.9 Å². The molecule has 4 rings (SSSR count). The highest BCUT2D eigenvalue weighted by molar-refractivity contribution is 7.99. The molecule has 0 saturated carbocycles. The van der Waals surface area contributed by atoms with Crippen LogP contribution in [0, 0.1) is 5.92 Å². The van der Waals surface area contributed by atoms with Crippen molar-refractivity contribution < 1.29 is 14.6 Å². The Hall–Kier alpha value is -2.16. The molecule has 8 heteroatoms. The van der Waals surface area contributed by atoms with Crippen LogP contribution >= 0.6 is 23.1 Å². The van der Waals surface area contributed by atoms with Crippen LogP contribution in [0.5, 0.6) is 0 Å². The highest BCUT2D eigenvalue weighted by Crippen LogP contribution is 2.36. The largest absolute Gasteiger partial charge is 0.549 e. The highest BCUT2D eigenvalue weighted by atomic mass is 32.2. The van der Waals surface area contributed by atoms with Crippen molar-refractivity contribution in [1.82, 2.24) is 9.55 Å². The van der Waals surface area contributed by atoms with Crippen LogP contribution in [0.15, 0.2) is 40.3 Å². The summed E-state index contributed by atoms with van der Waals surface area (Å²) in [5.41, 5.74) is 1.51. The zero-order chi connectivity index (χ0) is 19.8. The van der Waals surface area contributed by atoms with Gasteiger partial charge in [0.1, 0.15) is 4.83 Å². The van der Waals surface area contributed by atoms with Gasteiger partial charge in [-0.05, 0) is 23.6 Å². The number of thiophene rings is 1. The minimum absolute atomic E-state index is 0.0713. The van der Waals surface area contributed by atoms with Crippen LogP contribution in [-0.2, 0) is 22.6 Å². The van der Waals surface area contributed by atoms with Crippen LogP contribution in [0.1, 0.15) is 24.3 Å². The average Bonchev–Trinajstić information content (AvgIpc) is 3.04. The van der Waals surface area contributed by atoms with E-state index < -0.39 is 5.97 Å². The zero-order valence-electron chi connectivity index (χ0n) is 15.5. The molecule has 1 aliphatic rings. The van der Waals surface area contributed by atoms with Crippen molar-refractivity contribution in [3.63, 3.8) is 0 Å². The van der Waals surface area contributed by atoms with Crippen molar-refractivity contribution >= 4 is 39.3 Å². The molecule has 0 fully saturated rings. The van der Waals surface area contributed by atoms with Crippen molar-refractivity contribution in [1.29, 1.82) is 0 Å². The second-order valence-corrected chi connectivity index (χ2v) is 9.04. The number of hydrogen-bond donors (Lipinski definition) is 0. The molecule has 2 aromatic heterocycles. The number of hydrogen-bond acceptors (Lipinski definition) is 7. The van der Waals surface area contributed by atoms with E-state index in [-0.39, 0.29) is 17.4 Å². The molecular formula is C20H19N2O4S2-. The maximum atomic E-state index is 13.5. The van der Waals surface area contributed by atoms with E-state index in [0.717, 1.165) is 22.2 Å². The van der Waals surface area contributed by atoms with Gasteiger partial charge in [0.25, 0.3) is 5.56 Å². The number of aromatic nitrogens is 2. The SMILES string of the molecule is CC(C)[C@@H]1Cc2c(sc3nc(SCC(=O)[O-])n(-c4ccccc4)c(=O)c23)CO1. The number of thioether (sulfide) groups is 1. The van der Waals surface area contributed by atoms with Gasteiger partial charge in [-0.3, -0.25) is 9.36 Å². The number of aliphatic carboxylic acids is 1. The molecule has 3 heterocycles. The Bertz CT molecular complexity index is 1090. The fourth-order valence-electron chi connectivity index (χ4n) is 3.36. The van der Waals surface area contributed by atoms with Gasteiger partial charge in [0.05, 0.1) is 29.8 Å². The maximum Gasteiger partial charge on any atom is 0.267 e. The van der Waals surface area contributed by atoms with E-state index in [1.807, 2.05) is 30.3 Å². The van der Waals surface area contributed by atoms with Crippen molar-refractivity contribution in [2.24, 2.45) is 5.92 Å². The number of carbonyl (C=O) groups is 1. The molecule has 28 heavy (non-hydrogen) atoms. The quantitative estimate of drug-likeness (QED) is 0.470. The predicted octanol–water partition coefficient (Wildman–Crippen LogP) is 2.39. The van der Waals surface area contributed by atoms with Crippen LogP contribution in [-0.4, -0.2) is 27.4 Å². The first kappa shape index (κ1) is 19.2. The van der Waals surface area contributed by atoms with Gasteiger partial charge in [-0.1, -0.05) is 43.8 Å². The zero-order valence-corrected chi connectivity index (χ0v) is 17.1. The first-order chi connectivity index (χ1) is 13.5. The van der Waals surface area contributed by atoms with Crippen LogP contribution in [0.2, 0.25) is 0 Å². The minimum Gasteiger partial charge on any atom is -0.549 e. The third kappa shape index (κ3) is 3.47. The lowest BCUT2D eigenvalue weighted by Crippen LogP contribution is -2.28. The molecule has 0 radical (unpaired) electrons. The fraction of sp³-hybridized carbons (Fsp3) is 0.350. The second-order valence-electron chi connectivity index (χ2n) is 7.01. The van der Waals surface area contributed by atoms with Gasteiger partial charge in [-0.15, -0.1) is 11.3 Å². The summed E-state index contributed by atoms with van der Waals surface area (Å²) in [4.78, 5) is 30.8. The molecule has 0 amide bonds. The lowest BCUT2D eigenvalue weighted by molar-refractivity contribution is -0.301. The van der Waals surface area contributed by atoms with E-state index in [0.29, 0.717) is 40.0 Å². The van der Waals surface area contributed by atoms with Gasteiger partial charge in [0.15, 0.2) is 5.16 Å². The molecule has 6 nitrogen and oxygen atoms in total. The predicted molar refractivity (Wildman–Crippen MR) is 108 cm³/mol. The van der Waals surface area contributed by atoms with E-state index in [9.17, 15) is 14.7 Å². The summed E-state index contributed by atoms with van der Waals surface area (Å²) in [6.45, 7) is 4.70. The van der Waals surface area contributed by atoms with Crippen molar-refractivity contribution in [2.75, 3.05) is 5.75 Å². The molecule has 3 aromatic rings. The van der Waals surface area contributed by atoms with E-state index in [1.54, 1.807) is 0 Å². The molecule has 1 aliphatic heterocycles. The maximum absolute atomic E-state index is 13.5. The Morgan fingerprint density at radius 2 is 2.14 bits per heavy atom. The summed E-state index contributed by atoms with van der Waals surface area (Å²) < 4.78 is 7.44. The lowest BCUT2D eigenvalue weighted by Gasteiger charge is -2.26. The lowest BCUT2D eigenvalue weighted by atomic mass is 9.96. The number of benzene rings is 1. The third-order valence-electron chi connectivity index (χ3n) is 4.79. The topological polar surface area (TPSA) is 84.2 Å². The van der Waals surface area contributed by atoms with Gasteiger partial charge >= 0.3 is 0 Å². The first-order valence-corrected chi connectivity index (χ1v) is 10.8. The number of ether oxygens (including phenoxy) is 1. The molecule has 0 spiro atoms. The number of nitrogens with zero attached hydrogens (tertiary/aromatic N) is 2. The molecule has 1 aromatic carbocycles. The molecule has 0 N–H and O–H groups in total. The monoisotopic (exact) mass is 415 g/mol. The number of rotatable bonds is 5. The Morgan fingerprint density at radius 1 is 1.39 bits per heavy atom. The molecule has 0 saturated heterocycles. The number of carboxylic acids is 1. The van der Waals surface area contributed by atoms with Crippen molar-refractivity contribution in [3.8, 4) is 5.69 Å². The third-order valence-corrected chi connectivity index (χ3v) is 6.80. The second kappa shape index (κ2) is 7.69. The summed E-state index contributed by atoms with van der Waals surface area (Å²) in [5, 5.41) is 11.9. The minimum atomic E-state index is -1.20. The summed E-state index contributed by atoms with van der Waals surface area (Å²) >= 11 is 2.45. The van der Waals surface area contributed by atoms with Gasteiger partial charge < -0.3 is 14.6 Å². The van der Waals surface area contributed by atoms with Gasteiger partial charge in [0.2, 0.25) is 0 Å². The van der Waals surface area contributed by atoms with Gasteiger partial charge in [-0.2, -0.15) is 0 Å². The molecule has 0 aliphatic carbocycles. The summed E-state index contributed by atoms with van der Waals surface area (Å²) in [7, 11) is 0. The molecule has 1 atom stereocenters. The fourth-order valence-corrected chi connectivity index (χ4v) is 5.25. The number of carbonyl (C=O) groups excluding carboxylic acids is 1. The van der Waals surface area contributed by atoms with E-state index in [2.05, 4.69) is 18.8 Å². The van der Waals surface area contributed by atoms with Crippen LogP contribution in [0.4, 0.5) is 0 Å². The van der Waals surface area contributed by atoms with E-state index >= 15 is 0 Å². The van der Waals surface area contributed by atoms with E-state index in [1.165, 1.54) is 15.9 Å².